The van der Waals surface area contributed by atoms with Crippen LogP contribution < -0.4 is 0 Å². The van der Waals surface area contributed by atoms with Gasteiger partial charge in [0.1, 0.15) is 11.8 Å². The van der Waals surface area contributed by atoms with Crippen LogP contribution in [0.25, 0.3) is 0 Å². The lowest BCUT2D eigenvalue weighted by molar-refractivity contribution is -0.397. The molecule has 3 amide bonds. The van der Waals surface area contributed by atoms with Crippen LogP contribution in [-0.4, -0.2) is 52.8 Å². The fourth-order valence-corrected chi connectivity index (χ4v) is 1.05. The van der Waals surface area contributed by atoms with Crippen molar-refractivity contribution in [3.05, 3.63) is 17.4 Å². The van der Waals surface area contributed by atoms with Gasteiger partial charge in [0.05, 0.1) is 20.2 Å². The van der Waals surface area contributed by atoms with E-state index in [1.165, 1.54) is 24.9 Å². The van der Waals surface area contributed by atoms with Gasteiger partial charge in [-0.05, 0) is 0 Å². The molecule has 0 saturated heterocycles. The SMILES string of the molecule is CN1C(=O)C(=C=CC(=O)O)C=[N+](C)C1=O. The average molecular weight is 209 g/mol. The Labute approximate surface area is 85.4 Å². The Morgan fingerprint density at radius 3 is 2.73 bits per heavy atom. The lowest BCUT2D eigenvalue weighted by atomic mass is 10.2. The molecule has 15 heavy (non-hydrogen) atoms. The summed E-state index contributed by atoms with van der Waals surface area (Å²) in [6.07, 6.45) is 1.96. The number of carbonyl (C=O) groups is 3. The lowest BCUT2D eigenvalue weighted by Crippen LogP contribution is -2.44. The molecular weight excluding hydrogens is 200 g/mol. The topological polar surface area (TPSA) is 77.7 Å². The van der Waals surface area contributed by atoms with Crippen LogP contribution in [0.4, 0.5) is 4.79 Å². The minimum atomic E-state index is -1.20. The van der Waals surface area contributed by atoms with Crippen LogP contribution in [0.3, 0.4) is 0 Å². The van der Waals surface area contributed by atoms with Gasteiger partial charge in [0, 0.05) is 0 Å². The van der Waals surface area contributed by atoms with Gasteiger partial charge in [-0.25, -0.2) is 9.59 Å². The average Bonchev–Trinajstić information content (AvgIpc) is 2.18. The molecule has 0 aromatic heterocycles. The van der Waals surface area contributed by atoms with Crippen molar-refractivity contribution >= 4 is 24.1 Å². The van der Waals surface area contributed by atoms with E-state index >= 15 is 0 Å². The first-order chi connectivity index (χ1) is 6.93. The Kier molecular flexibility index (Phi) is 2.82. The van der Waals surface area contributed by atoms with Crippen molar-refractivity contribution in [2.45, 2.75) is 0 Å². The van der Waals surface area contributed by atoms with Gasteiger partial charge in [0.15, 0.2) is 0 Å². The summed E-state index contributed by atoms with van der Waals surface area (Å²) in [6, 6.07) is -0.471. The smallest absolute Gasteiger partial charge is 0.478 e. The molecule has 0 aliphatic carbocycles. The zero-order valence-electron chi connectivity index (χ0n) is 8.22. The Hall–Kier alpha value is -2.20. The van der Waals surface area contributed by atoms with Gasteiger partial charge in [0.2, 0.25) is 0 Å². The Morgan fingerprint density at radius 1 is 1.60 bits per heavy atom. The van der Waals surface area contributed by atoms with E-state index in [9.17, 15) is 14.4 Å². The summed E-state index contributed by atoms with van der Waals surface area (Å²) in [6.45, 7) is 0. The predicted octanol–water partition coefficient (Wildman–Crippen LogP) is -0.542. The van der Waals surface area contributed by atoms with Gasteiger partial charge in [-0.15, -0.1) is 0 Å². The number of rotatable bonds is 1. The van der Waals surface area contributed by atoms with Crippen LogP contribution in [-0.2, 0) is 9.59 Å². The van der Waals surface area contributed by atoms with Gasteiger partial charge in [0.25, 0.3) is 0 Å². The molecule has 1 heterocycles. The second kappa shape index (κ2) is 3.89. The van der Waals surface area contributed by atoms with Crippen LogP contribution in [0.15, 0.2) is 17.4 Å². The van der Waals surface area contributed by atoms with E-state index in [-0.39, 0.29) is 5.57 Å². The maximum Gasteiger partial charge on any atom is 0.500 e. The standard InChI is InChI=1S/C9H8N2O4/c1-10-5-6(3-4-7(12)13)8(14)11(2)9(10)15/h4-5H,1-2H3/p+1. The van der Waals surface area contributed by atoms with E-state index in [0.29, 0.717) is 0 Å². The van der Waals surface area contributed by atoms with Gasteiger partial charge in [-0.1, -0.05) is 5.73 Å². The molecule has 1 rings (SSSR count). The number of likely N-dealkylation sites (N-methyl/N-ethyl adjacent to an activating group) is 1. The second-order valence-corrected chi connectivity index (χ2v) is 2.93. The molecule has 0 bridgehead atoms. The highest BCUT2D eigenvalue weighted by Crippen LogP contribution is 2.03. The fourth-order valence-electron chi connectivity index (χ4n) is 1.05. The molecule has 0 saturated carbocycles. The van der Waals surface area contributed by atoms with Crippen molar-refractivity contribution < 1.29 is 24.1 Å². The molecule has 0 unspecified atom stereocenters. The van der Waals surface area contributed by atoms with Crippen molar-refractivity contribution in [3.8, 4) is 0 Å². The largest absolute Gasteiger partial charge is 0.500 e. The molecule has 78 valence electrons. The summed E-state index contributed by atoms with van der Waals surface area (Å²) in [7, 11) is 2.78. The van der Waals surface area contributed by atoms with Crippen molar-refractivity contribution in [1.29, 1.82) is 0 Å². The summed E-state index contributed by atoms with van der Waals surface area (Å²) >= 11 is 0. The van der Waals surface area contributed by atoms with E-state index < -0.39 is 17.9 Å². The van der Waals surface area contributed by atoms with Gasteiger partial charge >= 0.3 is 17.9 Å². The molecule has 1 aliphatic rings. The number of aliphatic carboxylic acids is 1. The number of nitrogens with zero attached hydrogens (tertiary/aromatic N) is 2. The fraction of sp³-hybridized carbons (Fsp3) is 0.222. The van der Waals surface area contributed by atoms with E-state index in [4.69, 9.17) is 5.11 Å². The molecule has 0 radical (unpaired) electrons. The van der Waals surface area contributed by atoms with Crippen LogP contribution in [0.5, 0.6) is 0 Å². The van der Waals surface area contributed by atoms with Crippen LogP contribution >= 0.6 is 0 Å². The van der Waals surface area contributed by atoms with Gasteiger partial charge in [-0.2, -0.15) is 14.3 Å². The monoisotopic (exact) mass is 209 g/mol. The summed E-state index contributed by atoms with van der Waals surface area (Å²) in [5.74, 6) is -1.78. The molecule has 0 spiro atoms. The zero-order valence-corrected chi connectivity index (χ0v) is 8.22. The minimum absolute atomic E-state index is 0.0296. The number of hydrogen-bond acceptors (Lipinski definition) is 3. The van der Waals surface area contributed by atoms with Crippen molar-refractivity contribution in [2.75, 3.05) is 14.1 Å². The summed E-state index contributed by atoms with van der Waals surface area (Å²) < 4.78 is 1.18. The highest BCUT2D eigenvalue weighted by molar-refractivity contribution is 6.17. The summed E-state index contributed by atoms with van der Waals surface area (Å²) in [5, 5.41) is 8.36. The predicted molar refractivity (Wildman–Crippen MR) is 49.6 cm³/mol. The first-order valence-electron chi connectivity index (χ1n) is 4.03. The van der Waals surface area contributed by atoms with Crippen molar-refractivity contribution in [1.82, 2.24) is 4.90 Å². The Bertz CT molecular complexity index is 441. The molecule has 0 atom stereocenters. The highest BCUT2D eigenvalue weighted by Gasteiger charge is 2.34. The third kappa shape index (κ3) is 2.18. The number of urea groups is 1. The lowest BCUT2D eigenvalue weighted by Gasteiger charge is -2.12. The van der Waals surface area contributed by atoms with Gasteiger partial charge in [-0.3, -0.25) is 0 Å². The maximum atomic E-state index is 11.4. The van der Waals surface area contributed by atoms with Crippen molar-refractivity contribution in [2.24, 2.45) is 0 Å². The first kappa shape index (κ1) is 10.9. The van der Waals surface area contributed by atoms with Crippen LogP contribution in [0.2, 0.25) is 0 Å². The minimum Gasteiger partial charge on any atom is -0.478 e. The molecule has 6 heteroatoms. The normalized spacial score (nSPS) is 16.0. The second-order valence-electron chi connectivity index (χ2n) is 2.93. The highest BCUT2D eigenvalue weighted by atomic mass is 16.4. The molecule has 6 nitrogen and oxygen atoms in total. The number of carboxylic acids is 1. The molecule has 0 fully saturated rings. The van der Waals surface area contributed by atoms with Crippen LogP contribution in [0, 0.1) is 0 Å². The Balaban J connectivity index is 3.23. The van der Waals surface area contributed by atoms with Crippen molar-refractivity contribution in [3.63, 3.8) is 0 Å². The number of carbonyl (C=O) groups excluding carboxylic acids is 2. The van der Waals surface area contributed by atoms with E-state index in [2.05, 4.69) is 5.73 Å². The summed E-state index contributed by atoms with van der Waals surface area (Å²) in [5.41, 5.74) is 2.33. The molecule has 1 aliphatic heterocycles. The van der Waals surface area contributed by atoms with E-state index in [0.717, 1.165) is 11.0 Å². The van der Waals surface area contributed by atoms with E-state index in [1.54, 1.807) is 0 Å². The quantitative estimate of drug-likeness (QED) is 0.357. The maximum absolute atomic E-state index is 11.4. The van der Waals surface area contributed by atoms with Gasteiger partial charge < -0.3 is 5.11 Å². The first-order valence-corrected chi connectivity index (χ1v) is 4.03. The molecule has 1 N–H and O–H groups in total. The third-order valence-corrected chi connectivity index (χ3v) is 1.80. The molecule has 0 aromatic carbocycles. The molecule has 0 aromatic rings. The number of amides is 3. The molecular formula is C9H9N2O4+. The number of carboxylic acid groups (broad SMARTS) is 1. The summed E-state index contributed by atoms with van der Waals surface area (Å²) in [4.78, 5) is 33.8. The third-order valence-electron chi connectivity index (χ3n) is 1.80. The number of imide groups is 1. The van der Waals surface area contributed by atoms with E-state index in [1.807, 2.05) is 0 Å². The Morgan fingerprint density at radius 2 is 2.20 bits per heavy atom. The number of hydrogen-bond donors (Lipinski definition) is 1. The zero-order chi connectivity index (χ0) is 11.6. The van der Waals surface area contributed by atoms with Crippen LogP contribution in [0.1, 0.15) is 0 Å².